The maximum Gasteiger partial charge on any atom is 0.125 e. The molecule has 0 atom stereocenters. The fourth-order valence-electron chi connectivity index (χ4n) is 1.23. The summed E-state index contributed by atoms with van der Waals surface area (Å²) >= 11 is 1.86. The topological polar surface area (TPSA) is 58.0 Å². The molecule has 0 bridgehead atoms. The van der Waals surface area contributed by atoms with Crippen LogP contribution in [0.1, 0.15) is 17.9 Å². The summed E-state index contributed by atoms with van der Waals surface area (Å²) in [7, 11) is 0. The Morgan fingerprint density at radius 2 is 2.31 bits per heavy atom. The number of rotatable bonds is 8. The minimum atomic E-state index is 0.292. The van der Waals surface area contributed by atoms with Crippen LogP contribution in [0.2, 0.25) is 0 Å². The quantitative estimate of drug-likeness (QED) is 0.665. The zero-order chi connectivity index (χ0) is 11.6. The Balaban J connectivity index is 2.03. The minimum Gasteiger partial charge on any atom is -0.396 e. The van der Waals surface area contributed by atoms with Gasteiger partial charge in [0.25, 0.3) is 0 Å². The van der Waals surface area contributed by atoms with Crippen molar-refractivity contribution in [2.75, 3.05) is 24.7 Å². The number of aromatic nitrogens is 2. The summed E-state index contributed by atoms with van der Waals surface area (Å²) in [6.45, 7) is 3.96. The predicted octanol–water partition coefficient (Wildman–Crippen LogP) is 0.990. The number of thioether (sulfide) groups is 1. The van der Waals surface area contributed by atoms with Gasteiger partial charge in [-0.05, 0) is 25.2 Å². The van der Waals surface area contributed by atoms with Crippen LogP contribution in [0.3, 0.4) is 0 Å². The zero-order valence-corrected chi connectivity index (χ0v) is 10.5. The molecule has 0 unspecified atom stereocenters. The molecule has 1 rings (SSSR count). The van der Waals surface area contributed by atoms with Crippen LogP contribution < -0.4 is 5.32 Å². The molecule has 0 saturated carbocycles. The normalized spacial score (nSPS) is 10.6. The van der Waals surface area contributed by atoms with E-state index in [2.05, 4.69) is 15.3 Å². The molecule has 16 heavy (non-hydrogen) atoms. The third-order valence-electron chi connectivity index (χ3n) is 2.01. The van der Waals surface area contributed by atoms with Gasteiger partial charge in [-0.3, -0.25) is 0 Å². The lowest BCUT2D eigenvalue weighted by Gasteiger charge is -2.04. The first kappa shape index (κ1) is 13.4. The van der Waals surface area contributed by atoms with Crippen LogP contribution in [0, 0.1) is 6.92 Å². The Bertz CT molecular complexity index is 296. The standard InChI is InChI=1S/C11H19N3OS/c1-10-13-4-3-11(14-10)9-12-5-8-16-7-2-6-15/h3-4,12,15H,2,5-9H2,1H3. The first-order valence-corrected chi connectivity index (χ1v) is 6.66. The second kappa shape index (κ2) is 8.50. The van der Waals surface area contributed by atoms with E-state index in [1.54, 1.807) is 6.20 Å². The molecule has 4 nitrogen and oxygen atoms in total. The Kier molecular flexibility index (Phi) is 7.12. The highest BCUT2D eigenvalue weighted by Gasteiger charge is 1.95. The molecule has 0 aromatic carbocycles. The average molecular weight is 241 g/mol. The summed E-state index contributed by atoms with van der Waals surface area (Å²) in [6.07, 6.45) is 2.67. The summed E-state index contributed by atoms with van der Waals surface area (Å²) in [5.41, 5.74) is 1.04. The molecule has 0 saturated heterocycles. The molecule has 5 heteroatoms. The summed E-state index contributed by atoms with van der Waals surface area (Å²) in [4.78, 5) is 8.36. The number of aryl methyl sites for hydroxylation is 1. The van der Waals surface area contributed by atoms with E-state index in [0.717, 1.165) is 42.5 Å². The Morgan fingerprint density at radius 1 is 1.44 bits per heavy atom. The van der Waals surface area contributed by atoms with Crippen LogP contribution in [0.15, 0.2) is 12.3 Å². The van der Waals surface area contributed by atoms with Crippen molar-refractivity contribution in [2.45, 2.75) is 19.9 Å². The van der Waals surface area contributed by atoms with Crippen molar-refractivity contribution in [2.24, 2.45) is 0 Å². The Morgan fingerprint density at radius 3 is 3.06 bits per heavy atom. The molecule has 2 N–H and O–H groups in total. The van der Waals surface area contributed by atoms with Crippen LogP contribution in [-0.2, 0) is 6.54 Å². The molecule has 1 aromatic rings. The SMILES string of the molecule is Cc1nccc(CNCCSCCCO)n1. The van der Waals surface area contributed by atoms with Gasteiger partial charge in [0, 0.05) is 31.6 Å². The lowest BCUT2D eigenvalue weighted by Crippen LogP contribution is -2.17. The fourth-order valence-corrected chi connectivity index (χ4v) is 2.06. The number of aliphatic hydroxyl groups is 1. The predicted molar refractivity (Wildman–Crippen MR) is 67.5 cm³/mol. The molecular formula is C11H19N3OS. The van der Waals surface area contributed by atoms with Crippen LogP contribution in [-0.4, -0.2) is 39.7 Å². The lowest BCUT2D eigenvalue weighted by atomic mass is 10.4. The van der Waals surface area contributed by atoms with Crippen molar-refractivity contribution < 1.29 is 5.11 Å². The van der Waals surface area contributed by atoms with Gasteiger partial charge in [0.15, 0.2) is 0 Å². The third-order valence-corrected chi connectivity index (χ3v) is 3.08. The van der Waals surface area contributed by atoms with E-state index in [9.17, 15) is 0 Å². The molecule has 1 heterocycles. The molecule has 0 fully saturated rings. The summed E-state index contributed by atoms with van der Waals surface area (Å²) in [6, 6.07) is 1.93. The first-order valence-electron chi connectivity index (χ1n) is 5.51. The van der Waals surface area contributed by atoms with Crippen LogP contribution in [0.4, 0.5) is 0 Å². The van der Waals surface area contributed by atoms with E-state index in [1.807, 2.05) is 24.8 Å². The molecular weight excluding hydrogens is 222 g/mol. The van der Waals surface area contributed by atoms with Crippen LogP contribution >= 0.6 is 11.8 Å². The smallest absolute Gasteiger partial charge is 0.125 e. The van der Waals surface area contributed by atoms with E-state index in [0.29, 0.717) is 6.61 Å². The van der Waals surface area contributed by atoms with E-state index in [-0.39, 0.29) is 0 Å². The van der Waals surface area contributed by atoms with E-state index < -0.39 is 0 Å². The molecule has 0 aliphatic heterocycles. The van der Waals surface area contributed by atoms with Gasteiger partial charge in [0.1, 0.15) is 5.82 Å². The van der Waals surface area contributed by atoms with E-state index in [4.69, 9.17) is 5.11 Å². The monoisotopic (exact) mass is 241 g/mol. The largest absolute Gasteiger partial charge is 0.396 e. The molecule has 0 aliphatic carbocycles. The van der Waals surface area contributed by atoms with Gasteiger partial charge in [-0.2, -0.15) is 11.8 Å². The first-order chi connectivity index (χ1) is 7.83. The van der Waals surface area contributed by atoms with E-state index >= 15 is 0 Å². The van der Waals surface area contributed by atoms with Gasteiger partial charge < -0.3 is 10.4 Å². The van der Waals surface area contributed by atoms with Crippen molar-refractivity contribution in [3.05, 3.63) is 23.8 Å². The van der Waals surface area contributed by atoms with Gasteiger partial charge >= 0.3 is 0 Å². The summed E-state index contributed by atoms with van der Waals surface area (Å²) in [5.74, 6) is 2.92. The molecule has 0 aliphatic rings. The second-order valence-corrected chi connectivity index (χ2v) is 4.69. The summed E-state index contributed by atoms with van der Waals surface area (Å²) < 4.78 is 0. The van der Waals surface area contributed by atoms with Gasteiger partial charge in [-0.1, -0.05) is 0 Å². The fraction of sp³-hybridized carbons (Fsp3) is 0.636. The molecule has 0 radical (unpaired) electrons. The second-order valence-electron chi connectivity index (χ2n) is 3.46. The Labute approximate surface area is 101 Å². The number of nitrogens with zero attached hydrogens (tertiary/aromatic N) is 2. The van der Waals surface area contributed by atoms with Crippen LogP contribution in [0.5, 0.6) is 0 Å². The zero-order valence-electron chi connectivity index (χ0n) is 9.65. The number of hydrogen-bond acceptors (Lipinski definition) is 5. The van der Waals surface area contributed by atoms with Gasteiger partial charge in [-0.25, -0.2) is 9.97 Å². The maximum absolute atomic E-state index is 8.60. The highest BCUT2D eigenvalue weighted by molar-refractivity contribution is 7.99. The average Bonchev–Trinajstić information content (AvgIpc) is 2.28. The lowest BCUT2D eigenvalue weighted by molar-refractivity contribution is 0.296. The third kappa shape index (κ3) is 6.05. The van der Waals surface area contributed by atoms with E-state index in [1.165, 1.54) is 0 Å². The summed E-state index contributed by atoms with van der Waals surface area (Å²) in [5, 5.41) is 11.9. The van der Waals surface area contributed by atoms with Gasteiger partial charge in [-0.15, -0.1) is 0 Å². The van der Waals surface area contributed by atoms with Gasteiger partial charge in [0.2, 0.25) is 0 Å². The highest BCUT2D eigenvalue weighted by atomic mass is 32.2. The van der Waals surface area contributed by atoms with Crippen LogP contribution in [0.25, 0.3) is 0 Å². The molecule has 90 valence electrons. The van der Waals surface area contributed by atoms with Gasteiger partial charge in [0.05, 0.1) is 5.69 Å². The molecule has 0 spiro atoms. The number of aliphatic hydroxyl groups excluding tert-OH is 1. The van der Waals surface area contributed by atoms with Crippen molar-refractivity contribution in [1.29, 1.82) is 0 Å². The van der Waals surface area contributed by atoms with Crippen molar-refractivity contribution >= 4 is 11.8 Å². The van der Waals surface area contributed by atoms with Crippen molar-refractivity contribution in [1.82, 2.24) is 15.3 Å². The Hall–Kier alpha value is -0.650. The van der Waals surface area contributed by atoms with Crippen molar-refractivity contribution in [3.8, 4) is 0 Å². The molecule has 1 aromatic heterocycles. The molecule has 0 amide bonds. The van der Waals surface area contributed by atoms with Crippen molar-refractivity contribution in [3.63, 3.8) is 0 Å². The highest BCUT2D eigenvalue weighted by Crippen LogP contribution is 2.00. The number of nitrogens with one attached hydrogen (secondary N) is 1. The maximum atomic E-state index is 8.60. The minimum absolute atomic E-state index is 0.292. The number of hydrogen-bond donors (Lipinski definition) is 2.